The van der Waals surface area contributed by atoms with Gasteiger partial charge in [0.15, 0.2) is 0 Å². The molecular weight excluding hydrogens is 450 g/mol. The highest BCUT2D eigenvalue weighted by molar-refractivity contribution is 5.65. The van der Waals surface area contributed by atoms with Crippen LogP contribution >= 0.6 is 0 Å². The molecule has 0 saturated heterocycles. The van der Waals surface area contributed by atoms with E-state index >= 15 is 0 Å². The highest BCUT2D eigenvalue weighted by atomic mass is 19.4. The highest BCUT2D eigenvalue weighted by Crippen LogP contribution is 2.42. The molecule has 2 fully saturated rings. The van der Waals surface area contributed by atoms with Crippen molar-refractivity contribution in [2.75, 3.05) is 0 Å². The summed E-state index contributed by atoms with van der Waals surface area (Å²) in [6.07, 6.45) is 6.97. The summed E-state index contributed by atoms with van der Waals surface area (Å²) in [4.78, 5) is 0. The van der Waals surface area contributed by atoms with Crippen LogP contribution < -0.4 is 0 Å². The van der Waals surface area contributed by atoms with Crippen LogP contribution in [0, 0.1) is 41.1 Å². The zero-order valence-electron chi connectivity index (χ0n) is 19.5. The summed E-state index contributed by atoms with van der Waals surface area (Å²) in [5, 5.41) is 0. The summed E-state index contributed by atoms with van der Waals surface area (Å²) in [5.74, 6) is -0.945. The van der Waals surface area contributed by atoms with E-state index in [2.05, 4.69) is 6.92 Å². The van der Waals surface area contributed by atoms with Gasteiger partial charge in [-0.25, -0.2) is 13.2 Å². The van der Waals surface area contributed by atoms with Gasteiger partial charge in [0.1, 0.15) is 23.0 Å². The van der Waals surface area contributed by atoms with E-state index in [0.717, 1.165) is 29.7 Å². The van der Waals surface area contributed by atoms with E-state index in [-0.39, 0.29) is 11.1 Å². The maximum absolute atomic E-state index is 14.7. The van der Waals surface area contributed by atoms with Gasteiger partial charge in [-0.3, -0.25) is 0 Å². The molecule has 0 atom stereocenters. The fourth-order valence-electron chi connectivity index (χ4n) is 6.02. The van der Waals surface area contributed by atoms with E-state index in [0.29, 0.717) is 24.5 Å². The zero-order chi connectivity index (χ0) is 24.5. The lowest BCUT2D eigenvalue weighted by Crippen LogP contribution is -2.25. The summed E-state index contributed by atoms with van der Waals surface area (Å²) < 4.78 is 80.9. The van der Waals surface area contributed by atoms with Crippen LogP contribution in [0.5, 0.6) is 0 Å². The van der Waals surface area contributed by atoms with Gasteiger partial charge in [0.25, 0.3) is 0 Å². The molecule has 0 bridgehead atoms. The Balaban J connectivity index is 1.34. The lowest BCUT2D eigenvalue weighted by Gasteiger charge is -2.37. The Hall–Kier alpha value is -1.98. The molecule has 4 rings (SSSR count). The monoisotopic (exact) mass is 482 g/mol. The number of rotatable bonds is 5. The van der Waals surface area contributed by atoms with E-state index in [1.54, 1.807) is 6.07 Å². The van der Waals surface area contributed by atoms with Gasteiger partial charge in [-0.1, -0.05) is 44.7 Å². The van der Waals surface area contributed by atoms with Crippen molar-refractivity contribution in [3.63, 3.8) is 0 Å². The van der Waals surface area contributed by atoms with Crippen LogP contribution in [-0.2, 0) is 12.6 Å². The van der Waals surface area contributed by atoms with Crippen LogP contribution in [0.25, 0.3) is 11.1 Å². The molecule has 0 N–H and O–H groups in total. The van der Waals surface area contributed by atoms with Gasteiger partial charge in [0.2, 0.25) is 0 Å². The molecule has 2 aromatic rings. The van der Waals surface area contributed by atoms with Gasteiger partial charge in [-0.15, -0.1) is 0 Å². The smallest absolute Gasteiger partial charge is 0.206 e. The first kappa shape index (κ1) is 25.1. The summed E-state index contributed by atoms with van der Waals surface area (Å²) in [7, 11) is 0. The van der Waals surface area contributed by atoms with Crippen LogP contribution in [0.3, 0.4) is 0 Å². The molecule has 0 heterocycles. The number of hydrogen-bond donors (Lipinski definition) is 0. The van der Waals surface area contributed by atoms with E-state index < -0.39 is 29.2 Å². The van der Waals surface area contributed by atoms with Crippen molar-refractivity contribution in [2.24, 2.45) is 23.7 Å². The third-order valence-corrected chi connectivity index (χ3v) is 8.13. The molecular formula is C28H32F6. The summed E-state index contributed by atoms with van der Waals surface area (Å²) >= 11 is 0. The number of halogens is 6. The van der Waals surface area contributed by atoms with Crippen LogP contribution in [0.15, 0.2) is 30.3 Å². The lowest BCUT2D eigenvalue weighted by atomic mass is 9.69. The number of alkyl halides is 3. The van der Waals surface area contributed by atoms with Crippen molar-refractivity contribution in [1.29, 1.82) is 0 Å². The van der Waals surface area contributed by atoms with Crippen LogP contribution in [0.2, 0.25) is 0 Å². The molecule has 186 valence electrons. The van der Waals surface area contributed by atoms with Gasteiger partial charge in [-0.05, 0) is 91.5 Å². The van der Waals surface area contributed by atoms with Gasteiger partial charge in [0.05, 0.1) is 0 Å². The van der Waals surface area contributed by atoms with E-state index in [1.165, 1.54) is 63.5 Å². The molecule has 2 aliphatic carbocycles. The minimum absolute atomic E-state index is 0.113. The second kappa shape index (κ2) is 10.3. The topological polar surface area (TPSA) is 0 Å². The van der Waals surface area contributed by atoms with Crippen molar-refractivity contribution >= 4 is 0 Å². The molecule has 2 aromatic carbocycles. The van der Waals surface area contributed by atoms with Crippen LogP contribution in [0.1, 0.15) is 75.8 Å². The Bertz CT molecular complexity index is 956. The molecule has 6 heteroatoms. The molecule has 0 aliphatic heterocycles. The van der Waals surface area contributed by atoms with Gasteiger partial charge in [-0.2, -0.15) is 13.2 Å². The molecule has 34 heavy (non-hydrogen) atoms. The molecule has 2 aliphatic rings. The average molecular weight is 483 g/mol. The normalized spacial score (nSPS) is 26.0. The molecule has 0 amide bonds. The summed E-state index contributed by atoms with van der Waals surface area (Å²) in [5.41, 5.74) is -1.53. The largest absolute Gasteiger partial charge is 0.422 e. The Morgan fingerprint density at radius 1 is 0.735 bits per heavy atom. The average Bonchev–Trinajstić information content (AvgIpc) is 2.77. The second-order valence-electron chi connectivity index (χ2n) is 10.5. The predicted molar refractivity (Wildman–Crippen MR) is 122 cm³/mol. The van der Waals surface area contributed by atoms with Crippen LogP contribution in [-0.4, -0.2) is 0 Å². The number of hydrogen-bond acceptors (Lipinski definition) is 0. The second-order valence-corrected chi connectivity index (χ2v) is 10.5. The fraction of sp³-hybridized carbons (Fsp3) is 0.571. The van der Waals surface area contributed by atoms with Crippen molar-refractivity contribution in [2.45, 2.75) is 77.3 Å². The van der Waals surface area contributed by atoms with Gasteiger partial charge in [0, 0.05) is 5.56 Å². The Morgan fingerprint density at radius 3 is 1.82 bits per heavy atom. The quantitative estimate of drug-likeness (QED) is 0.373. The lowest BCUT2D eigenvalue weighted by molar-refractivity contribution is -0.142. The summed E-state index contributed by atoms with van der Waals surface area (Å²) in [6.45, 7) is 2.35. The minimum atomic E-state index is -5.15. The molecule has 0 radical (unpaired) electrons. The fourth-order valence-corrected chi connectivity index (χ4v) is 6.02. The van der Waals surface area contributed by atoms with Gasteiger partial charge >= 0.3 is 6.18 Å². The standard InChI is InChI=1S/C28H32F6/c1-17-2-9-20(10-3-17)21-11-6-18(7-12-21)4-5-19-8-13-23(24(29)14-19)22-15-25(30)27(26(31)16-22)28(32,33)34/h8,13-18,20-21H,2-7,9-12H2,1H3. The minimum Gasteiger partial charge on any atom is -0.206 e. The number of aryl methyl sites for hydroxylation is 1. The van der Waals surface area contributed by atoms with E-state index in [1.807, 2.05) is 0 Å². The predicted octanol–water partition coefficient (Wildman–Crippen LogP) is 9.35. The maximum Gasteiger partial charge on any atom is 0.422 e. The first-order valence-electron chi connectivity index (χ1n) is 12.5. The van der Waals surface area contributed by atoms with Gasteiger partial charge < -0.3 is 0 Å². The Morgan fingerprint density at radius 2 is 1.29 bits per heavy atom. The summed E-state index contributed by atoms with van der Waals surface area (Å²) in [6, 6.07) is 5.50. The third-order valence-electron chi connectivity index (χ3n) is 8.13. The van der Waals surface area contributed by atoms with E-state index in [9.17, 15) is 26.3 Å². The van der Waals surface area contributed by atoms with Crippen molar-refractivity contribution in [3.8, 4) is 11.1 Å². The molecule has 0 aromatic heterocycles. The SMILES string of the molecule is CC1CCC(C2CCC(CCc3ccc(-c4cc(F)c(C(F)(F)F)c(F)c4)c(F)c3)CC2)CC1. The first-order valence-corrected chi connectivity index (χ1v) is 12.5. The first-order chi connectivity index (χ1) is 16.1. The highest BCUT2D eigenvalue weighted by Gasteiger charge is 2.38. The number of benzene rings is 2. The molecule has 0 nitrogen and oxygen atoms in total. The Labute approximate surface area is 197 Å². The van der Waals surface area contributed by atoms with Crippen molar-refractivity contribution in [1.82, 2.24) is 0 Å². The zero-order valence-corrected chi connectivity index (χ0v) is 19.5. The molecule has 2 saturated carbocycles. The van der Waals surface area contributed by atoms with Crippen molar-refractivity contribution < 1.29 is 26.3 Å². The molecule has 0 spiro atoms. The Kier molecular flexibility index (Phi) is 7.63. The third kappa shape index (κ3) is 5.80. The van der Waals surface area contributed by atoms with E-state index in [4.69, 9.17) is 0 Å². The van der Waals surface area contributed by atoms with Crippen molar-refractivity contribution in [3.05, 3.63) is 58.9 Å². The van der Waals surface area contributed by atoms with Crippen LogP contribution in [0.4, 0.5) is 26.3 Å². The maximum atomic E-state index is 14.7. The molecule has 0 unspecified atom stereocenters.